The van der Waals surface area contributed by atoms with E-state index < -0.39 is 5.54 Å². The van der Waals surface area contributed by atoms with Gasteiger partial charge in [0.05, 0.1) is 12.0 Å². The van der Waals surface area contributed by atoms with Gasteiger partial charge in [0.1, 0.15) is 0 Å². The molecule has 1 amide bonds. The maximum absolute atomic E-state index is 11.6. The summed E-state index contributed by atoms with van der Waals surface area (Å²) >= 11 is 0. The van der Waals surface area contributed by atoms with Gasteiger partial charge >= 0.3 is 0 Å². The third kappa shape index (κ3) is 1.69. The maximum atomic E-state index is 11.6. The minimum atomic E-state index is -0.459. The highest BCUT2D eigenvalue weighted by Gasteiger charge is 2.41. The molecule has 0 saturated carbocycles. The van der Waals surface area contributed by atoms with Crippen LogP contribution in [0, 0.1) is 0 Å². The Morgan fingerprint density at radius 1 is 0.833 bits per heavy atom. The van der Waals surface area contributed by atoms with Gasteiger partial charge in [-0.1, -0.05) is 60.7 Å². The first-order valence-electron chi connectivity index (χ1n) is 5.98. The van der Waals surface area contributed by atoms with Crippen LogP contribution in [0.5, 0.6) is 0 Å². The van der Waals surface area contributed by atoms with Crippen LogP contribution in [-0.2, 0) is 10.3 Å². The van der Waals surface area contributed by atoms with Gasteiger partial charge < -0.3 is 0 Å². The molecule has 2 aromatic carbocycles. The minimum Gasteiger partial charge on any atom is -0.290 e. The summed E-state index contributed by atoms with van der Waals surface area (Å²) in [6.45, 7) is 0. The predicted octanol–water partition coefficient (Wildman–Crippen LogP) is 1.95. The minimum absolute atomic E-state index is 0.0164. The van der Waals surface area contributed by atoms with Gasteiger partial charge in [-0.25, -0.2) is 5.43 Å². The van der Waals surface area contributed by atoms with Crippen LogP contribution in [0.1, 0.15) is 17.5 Å². The number of rotatable bonds is 2. The van der Waals surface area contributed by atoms with Crippen LogP contribution in [-0.4, -0.2) is 5.91 Å². The van der Waals surface area contributed by atoms with E-state index in [1.54, 1.807) is 0 Å². The van der Waals surface area contributed by atoms with Crippen molar-refractivity contribution in [1.29, 1.82) is 0 Å². The van der Waals surface area contributed by atoms with Gasteiger partial charge in [0, 0.05) is 0 Å². The van der Waals surface area contributed by atoms with Crippen molar-refractivity contribution in [3.63, 3.8) is 0 Å². The Kier molecular flexibility index (Phi) is 2.61. The zero-order chi connectivity index (χ0) is 12.4. The molecule has 18 heavy (non-hydrogen) atoms. The fourth-order valence-corrected chi connectivity index (χ4v) is 2.47. The van der Waals surface area contributed by atoms with Crippen LogP contribution in [0.15, 0.2) is 60.7 Å². The lowest BCUT2D eigenvalue weighted by atomic mass is 9.81. The maximum Gasteiger partial charge on any atom is 0.236 e. The monoisotopic (exact) mass is 238 g/mol. The highest BCUT2D eigenvalue weighted by Crippen LogP contribution is 2.34. The Morgan fingerprint density at radius 2 is 1.33 bits per heavy atom. The van der Waals surface area contributed by atoms with E-state index in [0.29, 0.717) is 6.42 Å². The zero-order valence-corrected chi connectivity index (χ0v) is 9.89. The van der Waals surface area contributed by atoms with Gasteiger partial charge in [0.25, 0.3) is 0 Å². The van der Waals surface area contributed by atoms with Crippen LogP contribution in [0.3, 0.4) is 0 Å². The van der Waals surface area contributed by atoms with Crippen LogP contribution < -0.4 is 10.9 Å². The lowest BCUT2D eigenvalue weighted by Gasteiger charge is -2.28. The quantitative estimate of drug-likeness (QED) is 0.839. The molecule has 1 heterocycles. The molecule has 0 spiro atoms. The molecular weight excluding hydrogens is 224 g/mol. The number of carbonyl (C=O) groups excluding carboxylic acids is 1. The molecule has 0 atom stereocenters. The summed E-state index contributed by atoms with van der Waals surface area (Å²) < 4.78 is 0. The van der Waals surface area contributed by atoms with Crippen molar-refractivity contribution in [2.24, 2.45) is 0 Å². The van der Waals surface area contributed by atoms with Crippen LogP contribution >= 0.6 is 0 Å². The topological polar surface area (TPSA) is 41.1 Å². The smallest absolute Gasteiger partial charge is 0.236 e. The molecular formula is C15H14N2O. The van der Waals surface area contributed by atoms with E-state index >= 15 is 0 Å². The molecule has 3 rings (SSSR count). The highest BCUT2D eigenvalue weighted by molar-refractivity contribution is 5.80. The summed E-state index contributed by atoms with van der Waals surface area (Å²) in [5.74, 6) is 0.0164. The molecule has 3 nitrogen and oxygen atoms in total. The van der Waals surface area contributed by atoms with Crippen LogP contribution in [0.2, 0.25) is 0 Å². The summed E-state index contributed by atoms with van der Waals surface area (Å²) in [7, 11) is 0. The first kappa shape index (κ1) is 11.0. The van der Waals surface area contributed by atoms with Gasteiger partial charge in [-0.2, -0.15) is 0 Å². The van der Waals surface area contributed by atoms with E-state index in [2.05, 4.69) is 10.9 Å². The van der Waals surface area contributed by atoms with Crippen molar-refractivity contribution in [2.75, 3.05) is 0 Å². The van der Waals surface area contributed by atoms with Crippen molar-refractivity contribution >= 4 is 5.91 Å². The second-order valence-corrected chi connectivity index (χ2v) is 4.49. The lowest BCUT2D eigenvalue weighted by molar-refractivity contribution is -0.119. The average Bonchev–Trinajstić information content (AvgIpc) is 2.84. The van der Waals surface area contributed by atoms with Gasteiger partial charge in [0.15, 0.2) is 0 Å². The normalized spacial score (nSPS) is 17.4. The standard InChI is InChI=1S/C15H14N2O/c18-14-11-15(17-16-14,12-7-3-1-4-8-12)13-9-5-2-6-10-13/h1-10,17H,11H2,(H,16,18). The average molecular weight is 238 g/mol. The highest BCUT2D eigenvalue weighted by atomic mass is 16.2. The van der Waals surface area contributed by atoms with E-state index in [9.17, 15) is 4.79 Å². The molecule has 0 aromatic heterocycles. The molecule has 2 N–H and O–H groups in total. The van der Waals surface area contributed by atoms with E-state index in [-0.39, 0.29) is 5.91 Å². The fourth-order valence-electron chi connectivity index (χ4n) is 2.47. The molecule has 1 aliphatic heterocycles. The number of nitrogens with one attached hydrogen (secondary N) is 2. The summed E-state index contributed by atoms with van der Waals surface area (Å²) in [6, 6.07) is 20.1. The summed E-state index contributed by atoms with van der Waals surface area (Å²) in [4.78, 5) is 11.6. The third-order valence-corrected chi connectivity index (χ3v) is 3.37. The van der Waals surface area contributed by atoms with Crippen molar-refractivity contribution in [3.05, 3.63) is 71.8 Å². The largest absolute Gasteiger partial charge is 0.290 e. The summed E-state index contributed by atoms with van der Waals surface area (Å²) in [5, 5.41) is 0. The Labute approximate surface area is 106 Å². The molecule has 0 unspecified atom stereocenters. The van der Waals surface area contributed by atoms with Crippen molar-refractivity contribution in [2.45, 2.75) is 12.0 Å². The van der Waals surface area contributed by atoms with E-state index in [1.165, 1.54) is 0 Å². The lowest BCUT2D eigenvalue weighted by Crippen LogP contribution is -2.42. The number of amides is 1. The molecule has 0 aliphatic carbocycles. The van der Waals surface area contributed by atoms with Gasteiger partial charge in [0.2, 0.25) is 5.91 Å². The van der Waals surface area contributed by atoms with Crippen LogP contribution in [0.4, 0.5) is 0 Å². The second-order valence-electron chi connectivity index (χ2n) is 4.49. The first-order chi connectivity index (χ1) is 8.81. The number of benzene rings is 2. The summed E-state index contributed by atoms with van der Waals surface area (Å²) in [5.41, 5.74) is 7.60. The van der Waals surface area contributed by atoms with Gasteiger partial charge in [-0.3, -0.25) is 10.2 Å². The Bertz CT molecular complexity index is 512. The SMILES string of the molecule is O=C1CC(c2ccccc2)(c2ccccc2)NN1. The van der Waals surface area contributed by atoms with E-state index in [1.807, 2.05) is 60.7 Å². The molecule has 90 valence electrons. The number of hydrogen-bond acceptors (Lipinski definition) is 2. The number of carbonyl (C=O) groups is 1. The Morgan fingerprint density at radius 3 is 1.72 bits per heavy atom. The van der Waals surface area contributed by atoms with Crippen molar-refractivity contribution < 1.29 is 4.79 Å². The van der Waals surface area contributed by atoms with Gasteiger partial charge in [-0.05, 0) is 11.1 Å². The molecule has 3 heteroatoms. The van der Waals surface area contributed by atoms with E-state index in [0.717, 1.165) is 11.1 Å². The molecule has 0 bridgehead atoms. The van der Waals surface area contributed by atoms with Gasteiger partial charge in [-0.15, -0.1) is 0 Å². The molecule has 1 saturated heterocycles. The second kappa shape index (κ2) is 4.27. The third-order valence-electron chi connectivity index (χ3n) is 3.37. The predicted molar refractivity (Wildman–Crippen MR) is 69.6 cm³/mol. The molecule has 0 radical (unpaired) electrons. The van der Waals surface area contributed by atoms with Crippen LogP contribution in [0.25, 0.3) is 0 Å². The Balaban J connectivity index is 2.14. The fraction of sp³-hybridized carbons (Fsp3) is 0.133. The molecule has 1 aliphatic rings. The number of hydrogen-bond donors (Lipinski definition) is 2. The zero-order valence-electron chi connectivity index (χ0n) is 9.89. The Hall–Kier alpha value is -2.13. The van der Waals surface area contributed by atoms with E-state index in [4.69, 9.17) is 0 Å². The summed E-state index contributed by atoms with van der Waals surface area (Å²) in [6.07, 6.45) is 0.418. The van der Waals surface area contributed by atoms with Crippen molar-refractivity contribution in [1.82, 2.24) is 10.9 Å². The first-order valence-corrected chi connectivity index (χ1v) is 5.98. The number of hydrazine groups is 1. The molecule has 2 aromatic rings. The molecule has 1 fully saturated rings. The van der Waals surface area contributed by atoms with Crippen molar-refractivity contribution in [3.8, 4) is 0 Å².